The quantitative estimate of drug-likeness (QED) is 0.733. The van der Waals surface area contributed by atoms with E-state index in [0.29, 0.717) is 17.8 Å². The summed E-state index contributed by atoms with van der Waals surface area (Å²) >= 11 is 0. The van der Waals surface area contributed by atoms with Gasteiger partial charge in [0.05, 0.1) is 11.3 Å². The predicted octanol–water partition coefficient (Wildman–Crippen LogP) is 3.47. The van der Waals surface area contributed by atoms with Crippen LogP contribution in [0.15, 0.2) is 30.3 Å². The van der Waals surface area contributed by atoms with Crippen LogP contribution in [0.25, 0.3) is 0 Å². The number of aromatic nitrogens is 2. The van der Waals surface area contributed by atoms with Crippen molar-refractivity contribution >= 4 is 17.5 Å². The molecule has 0 aliphatic heterocycles. The molecule has 9 heteroatoms. The Labute approximate surface area is 149 Å². The number of rotatable bonds is 7. The van der Waals surface area contributed by atoms with Gasteiger partial charge in [-0.1, -0.05) is 12.1 Å². The summed E-state index contributed by atoms with van der Waals surface area (Å²) in [7, 11) is 3.82. The number of alkyl halides is 3. The summed E-state index contributed by atoms with van der Waals surface area (Å²) in [5.74, 6) is -0.152. The average molecular weight is 364 g/mol. The third-order valence-electron chi connectivity index (χ3n) is 3.39. The highest BCUT2D eigenvalue weighted by Crippen LogP contribution is 2.30. The third-order valence-corrected chi connectivity index (χ3v) is 3.39. The van der Waals surface area contributed by atoms with Crippen LogP contribution < -0.4 is 10.6 Å². The van der Waals surface area contributed by atoms with Crippen molar-refractivity contribution in [3.63, 3.8) is 0 Å². The van der Waals surface area contributed by atoms with Crippen molar-refractivity contribution in [3.8, 4) is 6.07 Å². The van der Waals surface area contributed by atoms with Gasteiger partial charge in [-0.25, -0.2) is 4.98 Å². The van der Waals surface area contributed by atoms with Gasteiger partial charge in [0.1, 0.15) is 11.9 Å². The Morgan fingerprint density at radius 3 is 2.58 bits per heavy atom. The van der Waals surface area contributed by atoms with Gasteiger partial charge in [0.25, 0.3) is 0 Å². The SMILES string of the molecule is CN(C)CCCNc1nc(Nc2ccccc2C#N)cc(C(F)(F)F)n1. The van der Waals surface area contributed by atoms with Gasteiger partial charge < -0.3 is 15.5 Å². The molecule has 0 fully saturated rings. The minimum atomic E-state index is -4.60. The summed E-state index contributed by atoms with van der Waals surface area (Å²) in [5.41, 5.74) is -0.375. The lowest BCUT2D eigenvalue weighted by molar-refractivity contribution is -0.141. The second-order valence-electron chi connectivity index (χ2n) is 5.83. The van der Waals surface area contributed by atoms with Gasteiger partial charge in [0.2, 0.25) is 5.95 Å². The van der Waals surface area contributed by atoms with Gasteiger partial charge in [-0.15, -0.1) is 0 Å². The fourth-order valence-corrected chi connectivity index (χ4v) is 2.16. The fraction of sp³-hybridized carbons (Fsp3) is 0.353. The Morgan fingerprint density at radius 1 is 1.19 bits per heavy atom. The predicted molar refractivity (Wildman–Crippen MR) is 93.1 cm³/mol. The van der Waals surface area contributed by atoms with Gasteiger partial charge in [-0.3, -0.25) is 0 Å². The van der Waals surface area contributed by atoms with Crippen LogP contribution in [0.3, 0.4) is 0 Å². The molecule has 0 amide bonds. The number of nitriles is 1. The summed E-state index contributed by atoms with van der Waals surface area (Å²) in [6.45, 7) is 1.22. The van der Waals surface area contributed by atoms with E-state index in [4.69, 9.17) is 5.26 Å². The highest BCUT2D eigenvalue weighted by molar-refractivity contribution is 5.65. The number of benzene rings is 1. The molecule has 2 N–H and O–H groups in total. The number of hydrogen-bond acceptors (Lipinski definition) is 6. The van der Waals surface area contributed by atoms with Gasteiger partial charge >= 0.3 is 6.18 Å². The lowest BCUT2D eigenvalue weighted by atomic mass is 10.2. The average Bonchev–Trinajstić information content (AvgIpc) is 2.58. The molecular weight excluding hydrogens is 345 g/mol. The maximum absolute atomic E-state index is 13.1. The fourth-order valence-electron chi connectivity index (χ4n) is 2.16. The molecule has 26 heavy (non-hydrogen) atoms. The molecular formula is C17H19F3N6. The number of hydrogen-bond donors (Lipinski definition) is 2. The van der Waals surface area contributed by atoms with Crippen molar-refractivity contribution in [1.82, 2.24) is 14.9 Å². The zero-order valence-corrected chi connectivity index (χ0v) is 14.4. The minimum Gasteiger partial charge on any atom is -0.354 e. The van der Waals surface area contributed by atoms with Crippen molar-refractivity contribution < 1.29 is 13.2 Å². The first-order chi connectivity index (χ1) is 12.3. The normalized spacial score (nSPS) is 11.3. The van der Waals surface area contributed by atoms with Crippen LogP contribution in [0.2, 0.25) is 0 Å². The van der Waals surface area contributed by atoms with Crippen molar-refractivity contribution in [1.29, 1.82) is 5.26 Å². The highest BCUT2D eigenvalue weighted by atomic mass is 19.4. The summed E-state index contributed by atoms with van der Waals surface area (Å²) in [5, 5.41) is 14.7. The van der Waals surface area contributed by atoms with E-state index in [1.54, 1.807) is 24.3 Å². The molecule has 0 bridgehead atoms. The molecule has 0 aliphatic carbocycles. The van der Waals surface area contributed by atoms with E-state index in [0.717, 1.165) is 19.0 Å². The summed E-state index contributed by atoms with van der Waals surface area (Å²) < 4.78 is 39.4. The van der Waals surface area contributed by atoms with Crippen LogP contribution in [0, 0.1) is 11.3 Å². The van der Waals surface area contributed by atoms with E-state index in [1.165, 1.54) is 0 Å². The standard InChI is InChI=1S/C17H19F3N6/c1-26(2)9-5-8-22-16-24-14(17(18,19)20)10-15(25-16)23-13-7-4-3-6-12(13)11-21/h3-4,6-7,10H,5,8-9H2,1-2H3,(H2,22,23,24,25). The Hall–Kier alpha value is -2.86. The molecule has 1 heterocycles. The van der Waals surface area contributed by atoms with Crippen molar-refractivity contribution in [2.24, 2.45) is 0 Å². The number of para-hydroxylation sites is 1. The van der Waals surface area contributed by atoms with E-state index in [2.05, 4.69) is 20.6 Å². The topological polar surface area (TPSA) is 76.9 Å². The smallest absolute Gasteiger partial charge is 0.354 e. The molecule has 6 nitrogen and oxygen atoms in total. The van der Waals surface area contributed by atoms with Crippen LogP contribution >= 0.6 is 0 Å². The summed E-state index contributed by atoms with van der Waals surface area (Å²) in [6, 6.07) is 9.30. The molecule has 2 rings (SSSR count). The van der Waals surface area contributed by atoms with Gasteiger partial charge in [-0.05, 0) is 39.2 Å². The Bertz CT molecular complexity index is 783. The highest BCUT2D eigenvalue weighted by Gasteiger charge is 2.33. The lowest BCUT2D eigenvalue weighted by Crippen LogP contribution is -2.18. The van der Waals surface area contributed by atoms with Crippen molar-refractivity contribution in [2.45, 2.75) is 12.6 Å². The van der Waals surface area contributed by atoms with Crippen molar-refractivity contribution in [2.75, 3.05) is 37.8 Å². The molecule has 2 aromatic rings. The maximum Gasteiger partial charge on any atom is 0.433 e. The van der Waals surface area contributed by atoms with E-state index in [9.17, 15) is 13.2 Å². The van der Waals surface area contributed by atoms with Crippen LogP contribution in [0.5, 0.6) is 0 Å². The lowest BCUT2D eigenvalue weighted by Gasteiger charge is -2.14. The number of anilines is 3. The van der Waals surface area contributed by atoms with Crippen LogP contribution in [-0.2, 0) is 6.18 Å². The summed E-state index contributed by atoms with van der Waals surface area (Å²) in [4.78, 5) is 9.59. The molecule has 0 atom stereocenters. The first-order valence-electron chi connectivity index (χ1n) is 7.90. The second kappa shape index (κ2) is 8.49. The maximum atomic E-state index is 13.1. The van der Waals surface area contributed by atoms with Crippen LogP contribution in [0.4, 0.5) is 30.6 Å². The molecule has 1 aromatic heterocycles. The molecule has 138 valence electrons. The molecule has 0 spiro atoms. The molecule has 1 aromatic carbocycles. The van der Waals surface area contributed by atoms with Crippen LogP contribution in [0.1, 0.15) is 17.7 Å². The van der Waals surface area contributed by atoms with Crippen molar-refractivity contribution in [3.05, 3.63) is 41.6 Å². The van der Waals surface area contributed by atoms with E-state index in [1.807, 2.05) is 25.1 Å². The van der Waals surface area contributed by atoms with Crippen LogP contribution in [-0.4, -0.2) is 42.1 Å². The number of nitrogens with one attached hydrogen (secondary N) is 2. The summed E-state index contributed by atoms with van der Waals surface area (Å²) in [6.07, 6.45) is -3.87. The Morgan fingerprint density at radius 2 is 1.92 bits per heavy atom. The first-order valence-corrected chi connectivity index (χ1v) is 7.90. The molecule has 0 saturated heterocycles. The zero-order valence-electron chi connectivity index (χ0n) is 14.4. The molecule has 0 aliphatic rings. The Balaban J connectivity index is 2.24. The number of nitrogens with zero attached hydrogens (tertiary/aromatic N) is 4. The van der Waals surface area contributed by atoms with E-state index < -0.39 is 11.9 Å². The third kappa shape index (κ3) is 5.60. The monoisotopic (exact) mass is 364 g/mol. The van der Waals surface area contributed by atoms with Gasteiger partial charge in [-0.2, -0.15) is 23.4 Å². The van der Waals surface area contributed by atoms with E-state index in [-0.39, 0.29) is 11.8 Å². The number of halogens is 3. The largest absolute Gasteiger partial charge is 0.433 e. The first kappa shape index (κ1) is 19.5. The molecule has 0 radical (unpaired) electrons. The minimum absolute atomic E-state index is 0.0369. The van der Waals surface area contributed by atoms with Gasteiger partial charge in [0.15, 0.2) is 5.69 Å². The molecule has 0 saturated carbocycles. The van der Waals surface area contributed by atoms with E-state index >= 15 is 0 Å². The Kier molecular flexibility index (Phi) is 6.36. The molecule has 0 unspecified atom stereocenters. The zero-order chi connectivity index (χ0) is 19.2. The van der Waals surface area contributed by atoms with Gasteiger partial charge in [0, 0.05) is 12.6 Å². The second-order valence-corrected chi connectivity index (χ2v) is 5.83.